The van der Waals surface area contributed by atoms with Gasteiger partial charge in [0, 0.05) is 5.56 Å². The molecule has 1 N–H and O–H groups in total. The molecule has 0 bridgehead atoms. The summed E-state index contributed by atoms with van der Waals surface area (Å²) in [6, 6.07) is 13.6. The Kier molecular flexibility index (Phi) is 5.32. The fourth-order valence-electron chi connectivity index (χ4n) is 2.46. The lowest BCUT2D eigenvalue weighted by Gasteiger charge is -2.19. The smallest absolute Gasteiger partial charge is 0.142 e. The zero-order valence-corrected chi connectivity index (χ0v) is 13.4. The molecule has 106 valence electrons. The van der Waals surface area contributed by atoms with Crippen molar-refractivity contribution in [1.82, 2.24) is 5.32 Å². The molecule has 0 aliphatic carbocycles. The quantitative estimate of drug-likeness (QED) is 0.823. The SMILES string of the molecule is CCCc1cccc(C(NC)c2cccc(Br)c2F)c1. The second-order valence-electron chi connectivity index (χ2n) is 4.86. The predicted molar refractivity (Wildman–Crippen MR) is 85.4 cm³/mol. The number of hydrogen-bond acceptors (Lipinski definition) is 1. The van der Waals surface area contributed by atoms with Crippen LogP contribution < -0.4 is 5.32 Å². The van der Waals surface area contributed by atoms with Crippen LogP contribution in [0.2, 0.25) is 0 Å². The van der Waals surface area contributed by atoms with E-state index in [0.29, 0.717) is 10.0 Å². The van der Waals surface area contributed by atoms with Gasteiger partial charge in [-0.2, -0.15) is 0 Å². The Hall–Kier alpha value is -1.19. The number of hydrogen-bond donors (Lipinski definition) is 1. The van der Waals surface area contributed by atoms with Crippen molar-refractivity contribution in [2.24, 2.45) is 0 Å². The summed E-state index contributed by atoms with van der Waals surface area (Å²) >= 11 is 3.25. The zero-order valence-electron chi connectivity index (χ0n) is 11.8. The standard InChI is InChI=1S/C17H19BrFN/c1-3-6-12-7-4-8-13(11-12)17(20-2)14-9-5-10-15(18)16(14)19/h4-5,7-11,17,20H,3,6H2,1-2H3. The van der Waals surface area contributed by atoms with Crippen LogP contribution in [0.4, 0.5) is 4.39 Å². The van der Waals surface area contributed by atoms with E-state index < -0.39 is 0 Å². The highest BCUT2D eigenvalue weighted by atomic mass is 79.9. The van der Waals surface area contributed by atoms with Crippen LogP contribution in [0, 0.1) is 5.82 Å². The molecule has 0 fully saturated rings. The molecule has 1 unspecified atom stereocenters. The highest BCUT2D eigenvalue weighted by Crippen LogP contribution is 2.28. The van der Waals surface area contributed by atoms with Crippen LogP contribution in [0.3, 0.4) is 0 Å². The van der Waals surface area contributed by atoms with Crippen molar-refractivity contribution in [3.8, 4) is 0 Å². The number of benzene rings is 2. The molecule has 0 saturated heterocycles. The molecule has 0 amide bonds. The van der Waals surface area contributed by atoms with Crippen molar-refractivity contribution >= 4 is 15.9 Å². The van der Waals surface area contributed by atoms with Crippen LogP contribution in [0.5, 0.6) is 0 Å². The molecule has 0 radical (unpaired) electrons. The van der Waals surface area contributed by atoms with E-state index >= 15 is 0 Å². The minimum Gasteiger partial charge on any atom is -0.309 e. The van der Waals surface area contributed by atoms with Gasteiger partial charge in [-0.3, -0.25) is 0 Å². The third-order valence-corrected chi connectivity index (χ3v) is 4.02. The van der Waals surface area contributed by atoms with Gasteiger partial charge in [0.15, 0.2) is 0 Å². The molecule has 0 saturated carbocycles. The molecule has 0 heterocycles. The highest BCUT2D eigenvalue weighted by molar-refractivity contribution is 9.10. The van der Waals surface area contributed by atoms with Crippen LogP contribution in [-0.4, -0.2) is 7.05 Å². The lowest BCUT2D eigenvalue weighted by atomic mass is 9.96. The molecule has 0 spiro atoms. The van der Waals surface area contributed by atoms with E-state index in [1.54, 1.807) is 6.07 Å². The maximum Gasteiger partial charge on any atom is 0.142 e. The van der Waals surface area contributed by atoms with Gasteiger partial charge in [0.05, 0.1) is 10.5 Å². The van der Waals surface area contributed by atoms with Crippen LogP contribution in [0.1, 0.15) is 36.1 Å². The Balaban J connectivity index is 2.41. The van der Waals surface area contributed by atoms with Gasteiger partial charge in [0.1, 0.15) is 5.82 Å². The van der Waals surface area contributed by atoms with Crippen molar-refractivity contribution in [2.75, 3.05) is 7.05 Å². The largest absolute Gasteiger partial charge is 0.309 e. The van der Waals surface area contributed by atoms with Gasteiger partial charge in [-0.25, -0.2) is 4.39 Å². The van der Waals surface area contributed by atoms with E-state index in [0.717, 1.165) is 18.4 Å². The van der Waals surface area contributed by atoms with E-state index in [1.165, 1.54) is 5.56 Å². The third kappa shape index (κ3) is 3.28. The first-order valence-corrected chi connectivity index (χ1v) is 7.66. The Morgan fingerprint density at radius 1 is 1.20 bits per heavy atom. The molecular formula is C17H19BrFN. The second kappa shape index (κ2) is 7.00. The fraction of sp³-hybridized carbons (Fsp3) is 0.294. The van der Waals surface area contributed by atoms with E-state index in [1.807, 2.05) is 31.3 Å². The van der Waals surface area contributed by atoms with Gasteiger partial charge in [-0.05, 0) is 46.6 Å². The normalized spacial score (nSPS) is 12.4. The average Bonchev–Trinajstić information content (AvgIpc) is 2.45. The number of aryl methyl sites for hydroxylation is 1. The second-order valence-corrected chi connectivity index (χ2v) is 5.71. The summed E-state index contributed by atoms with van der Waals surface area (Å²) in [4.78, 5) is 0. The molecule has 2 aromatic carbocycles. The Labute approximate surface area is 128 Å². The van der Waals surface area contributed by atoms with Crippen molar-refractivity contribution < 1.29 is 4.39 Å². The summed E-state index contributed by atoms with van der Waals surface area (Å²) in [6.45, 7) is 2.16. The molecule has 0 aliphatic heterocycles. The average molecular weight is 336 g/mol. The zero-order chi connectivity index (χ0) is 14.5. The van der Waals surface area contributed by atoms with Gasteiger partial charge in [-0.1, -0.05) is 49.7 Å². The maximum absolute atomic E-state index is 14.3. The predicted octanol–water partition coefficient (Wildman–Crippen LogP) is 4.85. The van der Waals surface area contributed by atoms with Crippen molar-refractivity contribution in [3.63, 3.8) is 0 Å². The molecule has 20 heavy (non-hydrogen) atoms. The summed E-state index contributed by atoms with van der Waals surface area (Å²) in [5, 5.41) is 3.21. The van der Waals surface area contributed by atoms with Crippen LogP contribution >= 0.6 is 15.9 Å². The first kappa shape index (κ1) is 15.2. The van der Waals surface area contributed by atoms with E-state index in [2.05, 4.69) is 40.3 Å². The summed E-state index contributed by atoms with van der Waals surface area (Å²) < 4.78 is 14.8. The van der Waals surface area contributed by atoms with Gasteiger partial charge in [0.2, 0.25) is 0 Å². The highest BCUT2D eigenvalue weighted by Gasteiger charge is 2.17. The molecule has 2 aromatic rings. The topological polar surface area (TPSA) is 12.0 Å². The van der Waals surface area contributed by atoms with Crippen molar-refractivity contribution in [1.29, 1.82) is 0 Å². The Bertz CT molecular complexity index is 583. The lowest BCUT2D eigenvalue weighted by Crippen LogP contribution is -2.19. The monoisotopic (exact) mass is 335 g/mol. The van der Waals surface area contributed by atoms with Crippen LogP contribution in [0.15, 0.2) is 46.9 Å². The Morgan fingerprint density at radius 2 is 1.95 bits per heavy atom. The van der Waals surface area contributed by atoms with Gasteiger partial charge in [-0.15, -0.1) is 0 Å². The first-order chi connectivity index (χ1) is 9.67. The van der Waals surface area contributed by atoms with Gasteiger partial charge >= 0.3 is 0 Å². The molecule has 2 rings (SSSR count). The molecule has 0 aliphatic rings. The number of nitrogens with one attached hydrogen (secondary N) is 1. The minimum atomic E-state index is -0.201. The lowest BCUT2D eigenvalue weighted by molar-refractivity contribution is 0.571. The molecule has 1 nitrogen and oxygen atoms in total. The van der Waals surface area contributed by atoms with Crippen molar-refractivity contribution in [3.05, 3.63) is 69.4 Å². The number of rotatable bonds is 5. The Morgan fingerprint density at radius 3 is 2.65 bits per heavy atom. The van der Waals surface area contributed by atoms with E-state index in [4.69, 9.17) is 0 Å². The summed E-state index contributed by atoms with van der Waals surface area (Å²) in [5.41, 5.74) is 3.05. The van der Waals surface area contributed by atoms with Crippen LogP contribution in [0.25, 0.3) is 0 Å². The summed E-state index contributed by atoms with van der Waals surface area (Å²) in [6.07, 6.45) is 2.16. The first-order valence-electron chi connectivity index (χ1n) is 6.87. The van der Waals surface area contributed by atoms with Crippen molar-refractivity contribution in [2.45, 2.75) is 25.8 Å². The third-order valence-electron chi connectivity index (χ3n) is 3.40. The molecular weight excluding hydrogens is 317 g/mol. The summed E-state index contributed by atoms with van der Waals surface area (Å²) in [7, 11) is 1.86. The summed E-state index contributed by atoms with van der Waals surface area (Å²) in [5.74, 6) is -0.201. The number of halogens is 2. The minimum absolute atomic E-state index is 0.135. The van der Waals surface area contributed by atoms with E-state index in [9.17, 15) is 4.39 Å². The van der Waals surface area contributed by atoms with Gasteiger partial charge in [0.25, 0.3) is 0 Å². The molecule has 0 aromatic heterocycles. The van der Waals surface area contributed by atoms with Crippen LogP contribution in [-0.2, 0) is 6.42 Å². The van der Waals surface area contributed by atoms with Gasteiger partial charge < -0.3 is 5.32 Å². The van der Waals surface area contributed by atoms with E-state index in [-0.39, 0.29) is 11.9 Å². The fourth-order valence-corrected chi connectivity index (χ4v) is 2.84. The molecule has 1 atom stereocenters. The molecule has 3 heteroatoms. The maximum atomic E-state index is 14.3.